The molecule has 0 bridgehead atoms. The average Bonchev–Trinajstić information content (AvgIpc) is 2.77. The van der Waals surface area contributed by atoms with Gasteiger partial charge in [-0.25, -0.2) is 4.98 Å². The highest BCUT2D eigenvalue weighted by Crippen LogP contribution is 2.17. The number of para-hydroxylation sites is 1. The fourth-order valence-electron chi connectivity index (χ4n) is 1.52. The number of hydrogen-bond donors (Lipinski definition) is 1. The van der Waals surface area contributed by atoms with Crippen molar-refractivity contribution in [2.45, 2.75) is 11.8 Å². The Hall–Kier alpha value is -1.46. The molecule has 0 unspecified atom stereocenters. The van der Waals surface area contributed by atoms with Gasteiger partial charge in [0.25, 0.3) is 0 Å². The summed E-state index contributed by atoms with van der Waals surface area (Å²) in [6.07, 6.45) is 1.69. The van der Waals surface area contributed by atoms with E-state index in [2.05, 4.69) is 4.98 Å². The molecule has 0 aliphatic carbocycles. The maximum Gasteiger partial charge on any atom is 0.168 e. The van der Waals surface area contributed by atoms with Crippen LogP contribution >= 0.6 is 11.8 Å². The first kappa shape index (κ1) is 13.0. The van der Waals surface area contributed by atoms with E-state index in [1.165, 1.54) is 0 Å². The third kappa shape index (κ3) is 3.27. The van der Waals surface area contributed by atoms with Crippen molar-refractivity contribution in [3.05, 3.63) is 42.2 Å². The van der Waals surface area contributed by atoms with Gasteiger partial charge in [0.05, 0.1) is 25.1 Å². The number of rotatable bonds is 6. The summed E-state index contributed by atoms with van der Waals surface area (Å²) < 4.78 is 7.49. The van der Waals surface area contributed by atoms with Crippen molar-refractivity contribution in [2.75, 3.05) is 12.4 Å². The molecule has 96 valence electrons. The second-order valence-corrected chi connectivity index (χ2v) is 4.82. The van der Waals surface area contributed by atoms with Gasteiger partial charge >= 0.3 is 0 Å². The lowest BCUT2D eigenvalue weighted by Gasteiger charge is -2.06. The van der Waals surface area contributed by atoms with Gasteiger partial charge in [-0.15, -0.1) is 0 Å². The van der Waals surface area contributed by atoms with Crippen LogP contribution in [0.25, 0.3) is 0 Å². The van der Waals surface area contributed by atoms with Gasteiger partial charge in [-0.3, -0.25) is 0 Å². The molecule has 5 heteroatoms. The van der Waals surface area contributed by atoms with E-state index in [4.69, 9.17) is 9.84 Å². The van der Waals surface area contributed by atoms with Gasteiger partial charge in [-0.1, -0.05) is 30.0 Å². The number of ether oxygens (including phenoxy) is 1. The van der Waals surface area contributed by atoms with Gasteiger partial charge in [0.1, 0.15) is 5.75 Å². The van der Waals surface area contributed by atoms with E-state index >= 15 is 0 Å². The lowest BCUT2D eigenvalue weighted by atomic mass is 10.3. The number of imidazole rings is 1. The van der Waals surface area contributed by atoms with E-state index in [-0.39, 0.29) is 6.61 Å². The van der Waals surface area contributed by atoms with Crippen molar-refractivity contribution in [1.82, 2.24) is 9.55 Å². The van der Waals surface area contributed by atoms with Crippen LogP contribution < -0.4 is 4.74 Å². The molecule has 1 aromatic heterocycles. The molecule has 0 aliphatic heterocycles. The normalized spacial score (nSPS) is 10.6. The average molecular weight is 264 g/mol. The summed E-state index contributed by atoms with van der Waals surface area (Å²) in [5.41, 5.74) is 0.821. The molecule has 4 nitrogen and oxygen atoms in total. The SMILES string of the molecule is Cn1c(CO)cnc1SCCOc1ccccc1. The minimum atomic E-state index is 0.0184. The number of aliphatic hydroxyl groups is 1. The van der Waals surface area contributed by atoms with E-state index in [1.54, 1.807) is 18.0 Å². The first-order chi connectivity index (χ1) is 8.81. The zero-order valence-corrected chi connectivity index (χ0v) is 11.1. The number of aromatic nitrogens is 2. The fourth-order valence-corrected chi connectivity index (χ4v) is 2.30. The third-order valence-electron chi connectivity index (χ3n) is 2.53. The fraction of sp³-hybridized carbons (Fsp3) is 0.308. The van der Waals surface area contributed by atoms with Crippen molar-refractivity contribution in [3.8, 4) is 5.75 Å². The molecule has 1 aromatic carbocycles. The molecule has 18 heavy (non-hydrogen) atoms. The second kappa shape index (κ2) is 6.47. The summed E-state index contributed by atoms with van der Waals surface area (Å²) in [5, 5.41) is 9.96. The first-order valence-electron chi connectivity index (χ1n) is 5.73. The number of thioether (sulfide) groups is 1. The number of hydrogen-bond acceptors (Lipinski definition) is 4. The molecule has 0 fully saturated rings. The Morgan fingerprint density at radius 3 is 2.78 bits per heavy atom. The van der Waals surface area contributed by atoms with Crippen molar-refractivity contribution in [2.24, 2.45) is 7.05 Å². The molecule has 0 spiro atoms. The van der Waals surface area contributed by atoms with Crippen molar-refractivity contribution in [1.29, 1.82) is 0 Å². The van der Waals surface area contributed by atoms with Crippen LogP contribution in [0.1, 0.15) is 5.69 Å². The smallest absolute Gasteiger partial charge is 0.168 e. The Bertz CT molecular complexity index is 485. The molecule has 1 heterocycles. The summed E-state index contributed by atoms with van der Waals surface area (Å²) in [6, 6.07) is 9.75. The molecule has 0 saturated heterocycles. The summed E-state index contributed by atoms with van der Waals surface area (Å²) in [7, 11) is 1.90. The highest BCUT2D eigenvalue weighted by Gasteiger charge is 2.05. The topological polar surface area (TPSA) is 47.3 Å². The van der Waals surface area contributed by atoms with Crippen molar-refractivity contribution < 1.29 is 9.84 Å². The molecule has 0 amide bonds. The van der Waals surface area contributed by atoms with Crippen LogP contribution in [0.4, 0.5) is 0 Å². The maximum absolute atomic E-state index is 9.06. The van der Waals surface area contributed by atoms with E-state index in [0.717, 1.165) is 22.4 Å². The molecule has 2 aromatic rings. The summed E-state index contributed by atoms with van der Waals surface area (Å²) in [4.78, 5) is 4.24. The largest absolute Gasteiger partial charge is 0.493 e. The van der Waals surface area contributed by atoms with Crippen molar-refractivity contribution in [3.63, 3.8) is 0 Å². The van der Waals surface area contributed by atoms with Gasteiger partial charge in [0, 0.05) is 12.8 Å². The highest BCUT2D eigenvalue weighted by atomic mass is 32.2. The summed E-state index contributed by atoms with van der Waals surface area (Å²) in [5.74, 6) is 1.71. The van der Waals surface area contributed by atoms with Gasteiger partial charge in [0.2, 0.25) is 0 Å². The summed E-state index contributed by atoms with van der Waals surface area (Å²) in [6.45, 7) is 0.653. The van der Waals surface area contributed by atoms with E-state index in [0.29, 0.717) is 6.61 Å². The van der Waals surface area contributed by atoms with Crippen LogP contribution in [0.2, 0.25) is 0 Å². The van der Waals surface area contributed by atoms with Crippen LogP contribution in [0.15, 0.2) is 41.7 Å². The molecular formula is C13H16N2O2S. The molecule has 0 radical (unpaired) electrons. The molecule has 0 saturated carbocycles. The predicted octanol–water partition coefficient (Wildman–Crippen LogP) is 2.08. The minimum absolute atomic E-state index is 0.0184. The van der Waals surface area contributed by atoms with Crippen LogP contribution in [-0.2, 0) is 13.7 Å². The van der Waals surface area contributed by atoms with Gasteiger partial charge in [-0.05, 0) is 12.1 Å². The minimum Gasteiger partial charge on any atom is -0.493 e. The van der Waals surface area contributed by atoms with E-state index in [9.17, 15) is 0 Å². The lowest BCUT2D eigenvalue weighted by Crippen LogP contribution is -2.02. The molecule has 1 N–H and O–H groups in total. The van der Waals surface area contributed by atoms with Gasteiger partial charge in [0.15, 0.2) is 5.16 Å². The van der Waals surface area contributed by atoms with Gasteiger partial charge < -0.3 is 14.4 Å². The Labute approximate surface area is 111 Å². The van der Waals surface area contributed by atoms with Crippen LogP contribution in [-0.4, -0.2) is 27.0 Å². The van der Waals surface area contributed by atoms with Crippen LogP contribution in [0, 0.1) is 0 Å². The maximum atomic E-state index is 9.06. The zero-order valence-electron chi connectivity index (χ0n) is 10.2. The second-order valence-electron chi connectivity index (χ2n) is 3.76. The summed E-state index contributed by atoms with van der Waals surface area (Å²) >= 11 is 1.62. The molecular weight excluding hydrogens is 248 g/mol. The monoisotopic (exact) mass is 264 g/mol. The molecule has 0 aliphatic rings. The highest BCUT2D eigenvalue weighted by molar-refractivity contribution is 7.99. The number of nitrogens with zero attached hydrogens (tertiary/aromatic N) is 2. The number of aliphatic hydroxyl groups excluding tert-OH is 1. The number of benzene rings is 1. The van der Waals surface area contributed by atoms with Crippen LogP contribution in [0.3, 0.4) is 0 Å². The Morgan fingerprint density at radius 1 is 1.33 bits per heavy atom. The molecule has 0 atom stereocenters. The quantitative estimate of drug-likeness (QED) is 0.641. The Morgan fingerprint density at radius 2 is 2.11 bits per heavy atom. The lowest BCUT2D eigenvalue weighted by molar-refractivity contribution is 0.271. The van der Waals surface area contributed by atoms with Gasteiger partial charge in [-0.2, -0.15) is 0 Å². The standard InChI is InChI=1S/C13H16N2O2S/c1-15-11(10-16)9-14-13(15)18-8-7-17-12-5-3-2-4-6-12/h2-6,9,16H,7-8,10H2,1H3. The molecule has 2 rings (SSSR count). The third-order valence-corrected chi connectivity index (χ3v) is 3.54. The van der Waals surface area contributed by atoms with Crippen molar-refractivity contribution >= 4 is 11.8 Å². The first-order valence-corrected chi connectivity index (χ1v) is 6.72. The van der Waals surface area contributed by atoms with E-state index in [1.807, 2.05) is 41.9 Å². The Kier molecular flexibility index (Phi) is 4.66. The van der Waals surface area contributed by atoms with E-state index < -0.39 is 0 Å². The zero-order chi connectivity index (χ0) is 12.8. The Balaban J connectivity index is 1.77. The van der Waals surface area contributed by atoms with Crippen LogP contribution in [0.5, 0.6) is 5.75 Å². The predicted molar refractivity (Wildman–Crippen MR) is 71.8 cm³/mol.